The van der Waals surface area contributed by atoms with Crippen molar-refractivity contribution in [3.8, 4) is 0 Å². The average molecular weight is 506 g/mol. The molecule has 1 amide bonds. The van der Waals surface area contributed by atoms with Crippen molar-refractivity contribution in [3.05, 3.63) is 0 Å². The third-order valence-corrected chi connectivity index (χ3v) is 0. The van der Waals surface area contributed by atoms with Crippen LogP contribution in [0.15, 0.2) is 0 Å². The summed E-state index contributed by atoms with van der Waals surface area (Å²) in [4.78, 5) is 8.58. The Hall–Kier alpha value is 1.85. The molecule has 36 valence electrons. The van der Waals surface area contributed by atoms with E-state index in [4.69, 9.17) is 4.79 Å². The van der Waals surface area contributed by atoms with Crippen LogP contribution in [0.1, 0.15) is 0 Å². The predicted molar refractivity (Wildman–Crippen MR) is 44.0 cm³/mol. The van der Waals surface area contributed by atoms with Gasteiger partial charge in [0.05, 0.1) is 0 Å². The van der Waals surface area contributed by atoms with Gasteiger partial charge in [-0.3, -0.25) is 4.79 Å². The molecule has 0 aliphatic carbocycles. The van der Waals surface area contributed by atoms with Crippen molar-refractivity contribution < 1.29 is 4.79 Å². The predicted octanol–water partition coefficient (Wildman–Crippen LogP) is 0.492. The standard InChI is InChI=1S/CH3NO.2HI.Pb/c2-1-3;;;/h1H,(H2,2,3);2*1H;/q;;;+2/p-2. The first-order valence-electron chi connectivity index (χ1n) is 0.947. The number of halogens is 2. The van der Waals surface area contributed by atoms with Gasteiger partial charge in [-0.1, -0.05) is 0 Å². The summed E-state index contributed by atoms with van der Waals surface area (Å²) in [6.07, 6.45) is 0.250. The second kappa shape index (κ2) is 15.8. The third kappa shape index (κ3) is 40.2. The van der Waals surface area contributed by atoms with E-state index in [0.717, 1.165) is 0 Å². The number of amides is 1. The summed E-state index contributed by atoms with van der Waals surface area (Å²) in [5.74, 6) is 0. The van der Waals surface area contributed by atoms with Gasteiger partial charge in [0.1, 0.15) is 0 Å². The van der Waals surface area contributed by atoms with Crippen molar-refractivity contribution in [2.75, 3.05) is 0 Å². The van der Waals surface area contributed by atoms with Crippen LogP contribution < -0.4 is 5.73 Å². The Bertz CT molecular complexity index is 27.5. The number of carbonyl (C=O) groups excluding carboxylic acids is 1. The van der Waals surface area contributed by atoms with Crippen LogP contribution in [0.5, 0.6) is 0 Å². The number of hydrogen-bond donors (Lipinski definition) is 1. The molecule has 0 aromatic heterocycles. The number of carbonyl (C=O) groups is 1. The Morgan fingerprint density at radius 1 is 1.67 bits per heavy atom. The zero-order chi connectivity index (χ0) is 5.41. The molecule has 0 fully saturated rings. The van der Waals surface area contributed by atoms with Gasteiger partial charge in [0.2, 0.25) is 6.41 Å². The van der Waals surface area contributed by atoms with E-state index in [0.29, 0.717) is 0 Å². The molecule has 5 heteroatoms. The molecule has 6 heavy (non-hydrogen) atoms. The van der Waals surface area contributed by atoms with E-state index in [1.807, 2.05) is 0 Å². The third-order valence-electron chi connectivity index (χ3n) is 0. The molecule has 0 aromatic carbocycles. The molecule has 2 N–H and O–H groups in total. The normalized spacial score (nSPS) is 5.00. The maximum absolute atomic E-state index is 8.58. The quantitative estimate of drug-likeness (QED) is 0.291. The number of nitrogens with two attached hydrogens (primary N) is 1. The Kier molecular flexibility index (Phi) is 28.4. The van der Waals surface area contributed by atoms with Crippen LogP contribution in [0.25, 0.3) is 0 Å². The molecule has 0 heterocycles. The van der Waals surface area contributed by atoms with Crippen molar-refractivity contribution in [3.63, 3.8) is 0 Å². The summed E-state index contributed by atoms with van der Waals surface area (Å²) in [6, 6.07) is 0. The fraction of sp³-hybridized carbons (Fsp3) is 0. The van der Waals surface area contributed by atoms with Gasteiger partial charge >= 0.3 is 51.2 Å². The van der Waals surface area contributed by atoms with Crippen LogP contribution in [-0.2, 0) is 4.79 Å². The van der Waals surface area contributed by atoms with E-state index in [1.165, 1.54) is 0 Å². The topological polar surface area (TPSA) is 43.1 Å². The average Bonchev–Trinajstić information content (AvgIpc) is 1.39. The van der Waals surface area contributed by atoms with Gasteiger partial charge in [-0.05, 0) is 0 Å². The summed E-state index contributed by atoms with van der Waals surface area (Å²) in [5.41, 5.74) is 4.17. The Labute approximate surface area is 66.7 Å². The van der Waals surface area contributed by atoms with Crippen LogP contribution >= 0.6 is 35.5 Å². The van der Waals surface area contributed by atoms with Crippen molar-refractivity contribution >= 4 is 57.6 Å². The molecular weight excluding hydrogens is 503 g/mol. The van der Waals surface area contributed by atoms with Gasteiger partial charge in [0, 0.05) is 0 Å². The molecule has 2 nitrogen and oxygen atoms in total. The molecule has 0 unspecified atom stereocenters. The van der Waals surface area contributed by atoms with Crippen molar-refractivity contribution in [2.24, 2.45) is 5.73 Å². The van der Waals surface area contributed by atoms with E-state index in [9.17, 15) is 0 Å². The van der Waals surface area contributed by atoms with Gasteiger partial charge in [0.15, 0.2) is 0 Å². The molecule has 0 aliphatic rings. The minimum absolute atomic E-state index is 0.0233. The van der Waals surface area contributed by atoms with Gasteiger partial charge in [0.25, 0.3) is 0 Å². The number of primary amides is 1. The second-order valence-corrected chi connectivity index (χ2v) is 28.3. The molecule has 0 aromatic rings. The summed E-state index contributed by atoms with van der Waals surface area (Å²) < 4.78 is 0. The van der Waals surface area contributed by atoms with E-state index in [-0.39, 0.29) is 22.1 Å². The molecule has 0 saturated heterocycles. The zero-order valence-electron chi connectivity index (χ0n) is 2.82. The van der Waals surface area contributed by atoms with Crippen LogP contribution in [0.4, 0.5) is 0 Å². The van der Waals surface area contributed by atoms with E-state index in [1.54, 1.807) is 0 Å². The molecule has 0 atom stereocenters. The molecule has 0 rings (SSSR count). The summed E-state index contributed by atoms with van der Waals surface area (Å²) in [5, 5.41) is 0. The molecular formula is CH3I2NOPb. The van der Waals surface area contributed by atoms with Crippen molar-refractivity contribution in [1.82, 2.24) is 0 Å². The van der Waals surface area contributed by atoms with Gasteiger partial charge in [-0.25, -0.2) is 0 Å². The molecule has 2 radical (unpaired) electrons. The van der Waals surface area contributed by atoms with Crippen LogP contribution in [0, 0.1) is 0 Å². The SMILES string of the molecule is NC=O.[I][Pb][I]. The Morgan fingerprint density at radius 3 is 1.67 bits per heavy atom. The molecule has 0 aliphatic heterocycles. The first-order valence-corrected chi connectivity index (χ1v) is 22.8. The van der Waals surface area contributed by atoms with Gasteiger partial charge < -0.3 is 5.73 Å². The van der Waals surface area contributed by atoms with E-state index < -0.39 is 0 Å². The number of rotatable bonds is 0. The van der Waals surface area contributed by atoms with Gasteiger partial charge in [-0.15, -0.1) is 0 Å². The van der Waals surface area contributed by atoms with Crippen LogP contribution in [0.3, 0.4) is 0 Å². The summed E-state index contributed by atoms with van der Waals surface area (Å²) >= 11 is 4.96. The summed E-state index contributed by atoms with van der Waals surface area (Å²) in [6.45, 7) is 0. The Balaban J connectivity index is 0. The monoisotopic (exact) mass is 507 g/mol. The first-order chi connectivity index (χ1) is 2.83. The second-order valence-electron chi connectivity index (χ2n) is 0.208. The molecule has 0 saturated carbocycles. The van der Waals surface area contributed by atoms with Crippen molar-refractivity contribution in [1.29, 1.82) is 0 Å². The van der Waals surface area contributed by atoms with E-state index >= 15 is 0 Å². The molecule has 0 bridgehead atoms. The van der Waals surface area contributed by atoms with Crippen LogP contribution in [-0.4, -0.2) is 22.1 Å². The van der Waals surface area contributed by atoms with Crippen molar-refractivity contribution in [2.45, 2.75) is 0 Å². The number of hydrogen-bond acceptors (Lipinski definition) is 1. The minimum atomic E-state index is 0.0233. The summed E-state index contributed by atoms with van der Waals surface area (Å²) in [7, 11) is 0. The fourth-order valence-electron chi connectivity index (χ4n) is 0. The van der Waals surface area contributed by atoms with Crippen LogP contribution in [0.2, 0.25) is 0 Å². The van der Waals surface area contributed by atoms with E-state index in [2.05, 4.69) is 41.3 Å². The fourth-order valence-corrected chi connectivity index (χ4v) is 0. The first kappa shape index (κ1) is 10.8. The Morgan fingerprint density at radius 2 is 1.67 bits per heavy atom. The molecule has 0 spiro atoms. The maximum atomic E-state index is 8.58. The zero-order valence-corrected chi connectivity index (χ0v) is 11.0. The van der Waals surface area contributed by atoms with Gasteiger partial charge in [-0.2, -0.15) is 0 Å².